The molecule has 1 fully saturated rings. The second-order valence-corrected chi connectivity index (χ2v) is 5.53. The van der Waals surface area contributed by atoms with Gasteiger partial charge in [0.2, 0.25) is 0 Å². The molecule has 1 aromatic carbocycles. The van der Waals surface area contributed by atoms with E-state index in [0.717, 1.165) is 37.6 Å². The van der Waals surface area contributed by atoms with E-state index in [1.807, 2.05) is 17.1 Å². The molecular formula is C16H22N4O. The molecule has 1 saturated heterocycles. The summed E-state index contributed by atoms with van der Waals surface area (Å²) >= 11 is 0. The van der Waals surface area contributed by atoms with Crippen molar-refractivity contribution in [3.8, 4) is 5.69 Å². The summed E-state index contributed by atoms with van der Waals surface area (Å²) in [4.78, 5) is 4.09. The molecular weight excluding hydrogens is 264 g/mol. The molecule has 0 amide bonds. The third-order valence-electron chi connectivity index (χ3n) is 3.70. The first kappa shape index (κ1) is 14.1. The van der Waals surface area contributed by atoms with E-state index in [4.69, 9.17) is 4.74 Å². The predicted octanol–water partition coefficient (Wildman–Crippen LogP) is 2.05. The Labute approximate surface area is 125 Å². The summed E-state index contributed by atoms with van der Waals surface area (Å²) in [7, 11) is 0. The monoisotopic (exact) mass is 286 g/mol. The van der Waals surface area contributed by atoms with Crippen molar-refractivity contribution in [1.82, 2.24) is 14.9 Å². The van der Waals surface area contributed by atoms with Crippen molar-refractivity contribution < 1.29 is 4.74 Å². The number of anilines is 1. The third kappa shape index (κ3) is 3.83. The fourth-order valence-electron chi connectivity index (χ4n) is 2.71. The number of nitrogens with one attached hydrogen (secondary N) is 2. The molecule has 1 aromatic heterocycles. The number of morpholine rings is 1. The average Bonchev–Trinajstić information content (AvgIpc) is 3.02. The van der Waals surface area contributed by atoms with Gasteiger partial charge in [0.05, 0.1) is 19.5 Å². The molecule has 0 radical (unpaired) electrons. The smallest absolute Gasteiger partial charge is 0.0991 e. The van der Waals surface area contributed by atoms with Gasteiger partial charge in [0, 0.05) is 42.4 Å². The summed E-state index contributed by atoms with van der Waals surface area (Å²) in [5, 5.41) is 7.05. The minimum atomic E-state index is 0.391. The Balaban J connectivity index is 1.60. The molecule has 2 unspecified atom stereocenters. The summed E-state index contributed by atoms with van der Waals surface area (Å²) in [6.45, 7) is 4.79. The number of rotatable bonds is 5. The number of nitrogens with zero attached hydrogens (tertiary/aromatic N) is 2. The summed E-state index contributed by atoms with van der Waals surface area (Å²) in [5.41, 5.74) is 2.24. The highest BCUT2D eigenvalue weighted by Gasteiger charge is 2.16. The molecule has 2 atom stereocenters. The van der Waals surface area contributed by atoms with Crippen LogP contribution in [0.15, 0.2) is 43.0 Å². The van der Waals surface area contributed by atoms with Crippen LogP contribution in [0.3, 0.4) is 0 Å². The van der Waals surface area contributed by atoms with E-state index in [-0.39, 0.29) is 0 Å². The lowest BCUT2D eigenvalue weighted by Crippen LogP contribution is -2.43. The van der Waals surface area contributed by atoms with Crippen molar-refractivity contribution >= 4 is 5.69 Å². The number of benzene rings is 1. The second kappa shape index (κ2) is 6.74. The van der Waals surface area contributed by atoms with Crippen LogP contribution in [0.5, 0.6) is 0 Å². The Morgan fingerprint density at radius 3 is 3.24 bits per heavy atom. The molecule has 3 rings (SSSR count). The lowest BCUT2D eigenvalue weighted by Gasteiger charge is -2.27. The summed E-state index contributed by atoms with van der Waals surface area (Å²) in [6, 6.07) is 9.21. The minimum Gasteiger partial charge on any atom is -0.382 e. The molecule has 21 heavy (non-hydrogen) atoms. The summed E-state index contributed by atoms with van der Waals surface area (Å²) < 4.78 is 7.51. The molecule has 0 bridgehead atoms. The first-order valence-electron chi connectivity index (χ1n) is 7.47. The fourth-order valence-corrected chi connectivity index (χ4v) is 2.71. The molecule has 0 aliphatic carbocycles. The van der Waals surface area contributed by atoms with Crippen molar-refractivity contribution in [1.29, 1.82) is 0 Å². The van der Waals surface area contributed by atoms with Crippen LogP contribution in [0.1, 0.15) is 13.3 Å². The highest BCUT2D eigenvalue weighted by atomic mass is 16.5. The van der Waals surface area contributed by atoms with E-state index < -0.39 is 0 Å². The fraction of sp³-hybridized carbons (Fsp3) is 0.438. The van der Waals surface area contributed by atoms with Gasteiger partial charge in [-0.1, -0.05) is 6.07 Å². The van der Waals surface area contributed by atoms with Crippen LogP contribution in [0.4, 0.5) is 5.69 Å². The van der Waals surface area contributed by atoms with Crippen molar-refractivity contribution in [2.45, 2.75) is 25.4 Å². The van der Waals surface area contributed by atoms with Gasteiger partial charge < -0.3 is 19.9 Å². The van der Waals surface area contributed by atoms with Crippen molar-refractivity contribution in [3.05, 3.63) is 43.0 Å². The molecule has 0 spiro atoms. The Morgan fingerprint density at radius 1 is 1.52 bits per heavy atom. The molecule has 2 N–H and O–H groups in total. The second-order valence-electron chi connectivity index (χ2n) is 5.53. The van der Waals surface area contributed by atoms with Gasteiger partial charge in [-0.15, -0.1) is 0 Å². The SMILES string of the molecule is CC(CC1COCCN1)Nc1cccc(-n2ccnc2)c1. The van der Waals surface area contributed by atoms with Gasteiger partial charge in [-0.25, -0.2) is 4.98 Å². The summed E-state index contributed by atoms with van der Waals surface area (Å²) in [5.74, 6) is 0. The van der Waals surface area contributed by atoms with Gasteiger partial charge in [0.1, 0.15) is 0 Å². The number of hydrogen-bond donors (Lipinski definition) is 2. The van der Waals surface area contributed by atoms with E-state index in [0.29, 0.717) is 12.1 Å². The normalized spacial score (nSPS) is 20.1. The van der Waals surface area contributed by atoms with E-state index >= 15 is 0 Å². The maximum Gasteiger partial charge on any atom is 0.0991 e. The standard InChI is InChI=1S/C16H22N4O/c1-13(9-15-11-21-8-6-18-15)19-14-3-2-4-16(10-14)20-7-5-17-12-20/h2-5,7,10,12-13,15,18-19H,6,8-9,11H2,1H3. The Hall–Kier alpha value is -1.85. The van der Waals surface area contributed by atoms with Gasteiger partial charge in [-0.2, -0.15) is 0 Å². The Morgan fingerprint density at radius 2 is 2.48 bits per heavy atom. The quantitative estimate of drug-likeness (QED) is 0.883. The minimum absolute atomic E-state index is 0.391. The highest BCUT2D eigenvalue weighted by molar-refractivity contribution is 5.51. The molecule has 1 aliphatic heterocycles. The first-order valence-corrected chi connectivity index (χ1v) is 7.47. The van der Waals surface area contributed by atoms with Crippen LogP contribution in [0, 0.1) is 0 Å². The zero-order chi connectivity index (χ0) is 14.5. The highest BCUT2D eigenvalue weighted by Crippen LogP contribution is 2.16. The van der Waals surface area contributed by atoms with E-state index in [1.54, 1.807) is 6.20 Å². The maximum atomic E-state index is 5.50. The molecule has 2 heterocycles. The van der Waals surface area contributed by atoms with Crippen molar-refractivity contribution in [2.24, 2.45) is 0 Å². The largest absolute Gasteiger partial charge is 0.382 e. The number of aromatic nitrogens is 2. The van der Waals surface area contributed by atoms with Gasteiger partial charge in [-0.05, 0) is 31.5 Å². The van der Waals surface area contributed by atoms with Crippen LogP contribution < -0.4 is 10.6 Å². The van der Waals surface area contributed by atoms with Crippen LogP contribution in [-0.4, -0.2) is 41.4 Å². The topological polar surface area (TPSA) is 51.1 Å². The van der Waals surface area contributed by atoms with Crippen LogP contribution in [0.25, 0.3) is 5.69 Å². The third-order valence-corrected chi connectivity index (χ3v) is 3.70. The van der Waals surface area contributed by atoms with E-state index in [9.17, 15) is 0 Å². The average molecular weight is 286 g/mol. The van der Waals surface area contributed by atoms with Crippen LogP contribution in [-0.2, 0) is 4.74 Å². The predicted molar refractivity (Wildman–Crippen MR) is 83.9 cm³/mol. The number of imidazole rings is 1. The van der Waals surface area contributed by atoms with E-state index in [2.05, 4.69) is 46.8 Å². The molecule has 2 aromatic rings. The maximum absolute atomic E-state index is 5.50. The van der Waals surface area contributed by atoms with E-state index in [1.165, 1.54) is 0 Å². The van der Waals surface area contributed by atoms with Gasteiger partial charge in [-0.3, -0.25) is 0 Å². The lowest BCUT2D eigenvalue weighted by atomic mass is 10.1. The molecule has 1 aliphatic rings. The van der Waals surface area contributed by atoms with Gasteiger partial charge >= 0.3 is 0 Å². The number of ether oxygens (including phenoxy) is 1. The Bertz CT molecular complexity index is 549. The van der Waals surface area contributed by atoms with Crippen molar-refractivity contribution in [2.75, 3.05) is 25.1 Å². The summed E-state index contributed by atoms with van der Waals surface area (Å²) in [6.07, 6.45) is 6.60. The molecule has 5 nitrogen and oxygen atoms in total. The van der Waals surface area contributed by atoms with Crippen LogP contribution in [0.2, 0.25) is 0 Å². The lowest BCUT2D eigenvalue weighted by molar-refractivity contribution is 0.0731. The van der Waals surface area contributed by atoms with Crippen molar-refractivity contribution in [3.63, 3.8) is 0 Å². The molecule has 5 heteroatoms. The number of hydrogen-bond acceptors (Lipinski definition) is 4. The molecule has 0 saturated carbocycles. The zero-order valence-electron chi connectivity index (χ0n) is 12.3. The van der Waals surface area contributed by atoms with Gasteiger partial charge in [0.25, 0.3) is 0 Å². The van der Waals surface area contributed by atoms with Crippen LogP contribution >= 0.6 is 0 Å². The van der Waals surface area contributed by atoms with Gasteiger partial charge in [0.15, 0.2) is 0 Å². The Kier molecular flexibility index (Phi) is 4.52. The molecule has 112 valence electrons. The zero-order valence-corrected chi connectivity index (χ0v) is 12.3. The first-order chi connectivity index (χ1) is 10.3.